The third-order valence-corrected chi connectivity index (χ3v) is 8.11. The Hall–Kier alpha value is -5.07. The number of benzene rings is 1. The van der Waals surface area contributed by atoms with Gasteiger partial charge in [0.25, 0.3) is 11.8 Å². The molecule has 8 amide bonds. The first-order chi connectivity index (χ1) is 26.4. The van der Waals surface area contributed by atoms with Gasteiger partial charge in [-0.2, -0.15) is 0 Å². The first kappa shape index (κ1) is 46.1. The molecular weight excluding hydrogens is 718 g/mol. The van der Waals surface area contributed by atoms with Crippen molar-refractivity contribution < 1.29 is 52.5 Å². The molecule has 1 aliphatic heterocycles. The summed E-state index contributed by atoms with van der Waals surface area (Å²) < 4.78 is 21.2. The number of hydrogen-bond donors (Lipinski definition) is 6. The molecule has 0 unspecified atom stereocenters. The van der Waals surface area contributed by atoms with E-state index in [0.717, 1.165) is 4.90 Å². The van der Waals surface area contributed by atoms with Crippen LogP contribution in [-0.4, -0.2) is 118 Å². The molecule has 18 nitrogen and oxygen atoms in total. The number of alkyl carbamates (subject to hydrolysis) is 1. The van der Waals surface area contributed by atoms with Crippen molar-refractivity contribution in [3.8, 4) is 0 Å². The van der Waals surface area contributed by atoms with E-state index in [4.69, 9.17) is 24.7 Å². The molecule has 306 valence electrons. The summed E-state index contributed by atoms with van der Waals surface area (Å²) in [6.45, 7) is 8.91. The zero-order valence-corrected chi connectivity index (χ0v) is 32.0. The molecule has 1 aromatic carbocycles. The molecule has 0 saturated carbocycles. The molecule has 1 heterocycles. The predicted molar refractivity (Wildman–Crippen MR) is 201 cm³/mol. The van der Waals surface area contributed by atoms with Crippen molar-refractivity contribution in [2.45, 2.75) is 78.0 Å². The molecule has 18 heteroatoms. The Kier molecular flexibility index (Phi) is 22.3. The molecule has 1 aromatic rings. The molecule has 55 heavy (non-hydrogen) atoms. The number of carbonyl (C=O) groups is 7. The Morgan fingerprint density at radius 3 is 2.05 bits per heavy atom. The van der Waals surface area contributed by atoms with Gasteiger partial charge in [0, 0.05) is 50.5 Å². The molecule has 0 bridgehead atoms. The van der Waals surface area contributed by atoms with Gasteiger partial charge in [0.15, 0.2) is 0 Å². The first-order valence-corrected chi connectivity index (χ1v) is 18.6. The highest BCUT2D eigenvalue weighted by Gasteiger charge is 2.29. The lowest BCUT2D eigenvalue weighted by Crippen LogP contribution is -2.54. The van der Waals surface area contributed by atoms with Crippen LogP contribution in [0.4, 0.5) is 15.3 Å². The Balaban J connectivity index is 1.82. The summed E-state index contributed by atoms with van der Waals surface area (Å²) in [5.74, 6) is -2.43. The number of urea groups is 1. The fourth-order valence-electron chi connectivity index (χ4n) is 5.14. The van der Waals surface area contributed by atoms with Crippen molar-refractivity contribution in [3.63, 3.8) is 0 Å². The lowest BCUT2D eigenvalue weighted by molar-refractivity contribution is -0.137. The van der Waals surface area contributed by atoms with Gasteiger partial charge < -0.3 is 51.3 Å². The second-order valence-electron chi connectivity index (χ2n) is 12.9. The minimum atomic E-state index is -1.02. The minimum Gasteiger partial charge on any atom is -0.445 e. The maximum Gasteiger partial charge on any atom is 0.407 e. The monoisotopic (exact) mass is 775 g/mol. The van der Waals surface area contributed by atoms with Crippen molar-refractivity contribution >= 4 is 47.3 Å². The molecule has 2 atom stereocenters. The Morgan fingerprint density at radius 2 is 1.42 bits per heavy atom. The maximum absolute atomic E-state index is 13.4. The van der Waals surface area contributed by atoms with Crippen LogP contribution < -0.4 is 32.3 Å². The van der Waals surface area contributed by atoms with Gasteiger partial charge in [-0.05, 0) is 56.2 Å². The summed E-state index contributed by atoms with van der Waals surface area (Å²) in [7, 11) is 0. The summed E-state index contributed by atoms with van der Waals surface area (Å²) >= 11 is 0. The van der Waals surface area contributed by atoms with Crippen LogP contribution in [0.3, 0.4) is 0 Å². The number of ether oxygens (including phenoxy) is 4. The Labute approximate surface area is 321 Å². The quantitative estimate of drug-likeness (QED) is 0.0526. The van der Waals surface area contributed by atoms with Gasteiger partial charge in [-0.25, -0.2) is 9.59 Å². The van der Waals surface area contributed by atoms with Crippen molar-refractivity contribution in [2.75, 3.05) is 64.6 Å². The van der Waals surface area contributed by atoms with Crippen LogP contribution in [0, 0.1) is 5.92 Å². The van der Waals surface area contributed by atoms with E-state index in [9.17, 15) is 33.6 Å². The van der Waals surface area contributed by atoms with Crippen LogP contribution in [0.15, 0.2) is 36.4 Å². The zero-order chi connectivity index (χ0) is 40.4. The molecule has 7 N–H and O–H groups in total. The lowest BCUT2D eigenvalue weighted by atomic mass is 10.0. The lowest BCUT2D eigenvalue weighted by Gasteiger charge is -2.25. The Morgan fingerprint density at radius 1 is 0.764 bits per heavy atom. The van der Waals surface area contributed by atoms with Crippen molar-refractivity contribution in [3.05, 3.63) is 42.0 Å². The molecule has 0 aliphatic carbocycles. The first-order valence-electron chi connectivity index (χ1n) is 18.6. The fourth-order valence-corrected chi connectivity index (χ4v) is 5.14. The highest BCUT2D eigenvalue weighted by Crippen LogP contribution is 2.13. The summed E-state index contributed by atoms with van der Waals surface area (Å²) in [5, 5.41) is 13.3. The normalized spacial score (nSPS) is 13.3. The average molecular weight is 776 g/mol. The van der Waals surface area contributed by atoms with Crippen molar-refractivity contribution in [1.29, 1.82) is 0 Å². The molecule has 0 fully saturated rings. The van der Waals surface area contributed by atoms with Gasteiger partial charge in [0.1, 0.15) is 18.7 Å². The van der Waals surface area contributed by atoms with E-state index in [1.54, 1.807) is 38.1 Å². The van der Waals surface area contributed by atoms with E-state index in [2.05, 4.69) is 26.6 Å². The molecule has 0 spiro atoms. The fraction of sp³-hybridized carbons (Fsp3) is 0.595. The van der Waals surface area contributed by atoms with Crippen LogP contribution in [0.1, 0.15) is 64.9 Å². The zero-order valence-electron chi connectivity index (χ0n) is 32.0. The molecule has 2 rings (SSSR count). The summed E-state index contributed by atoms with van der Waals surface area (Å²) in [4.78, 5) is 87.3. The number of hydrogen-bond acceptors (Lipinski definition) is 11. The number of anilines is 1. The van der Waals surface area contributed by atoms with Crippen molar-refractivity contribution in [1.82, 2.24) is 26.2 Å². The minimum absolute atomic E-state index is 0.0131. The van der Waals surface area contributed by atoms with Crippen LogP contribution in [0.2, 0.25) is 0 Å². The third-order valence-electron chi connectivity index (χ3n) is 8.11. The van der Waals surface area contributed by atoms with Crippen LogP contribution in [-0.2, 0) is 49.5 Å². The summed E-state index contributed by atoms with van der Waals surface area (Å²) in [6.07, 6.45) is 4.07. The molecule has 0 radical (unpaired) electrons. The van der Waals surface area contributed by atoms with Gasteiger partial charge in [0.2, 0.25) is 17.7 Å². The number of nitrogens with two attached hydrogens (primary N) is 1. The van der Waals surface area contributed by atoms with Crippen LogP contribution >= 0.6 is 0 Å². The molecular formula is C37H57N7O11. The van der Waals surface area contributed by atoms with Gasteiger partial charge in [-0.3, -0.25) is 28.9 Å². The third kappa shape index (κ3) is 19.7. The Bertz CT molecular complexity index is 1400. The summed E-state index contributed by atoms with van der Waals surface area (Å²) in [6, 6.07) is 3.93. The molecule has 0 aromatic heterocycles. The van der Waals surface area contributed by atoms with Crippen LogP contribution in [0.5, 0.6) is 0 Å². The average Bonchev–Trinajstić information content (AvgIpc) is 3.47. The number of nitrogens with zero attached hydrogens (tertiary/aromatic N) is 1. The van der Waals surface area contributed by atoms with E-state index < -0.39 is 36.0 Å². The van der Waals surface area contributed by atoms with Crippen LogP contribution in [0.25, 0.3) is 0 Å². The van der Waals surface area contributed by atoms with Gasteiger partial charge in [0.05, 0.1) is 33.0 Å². The second-order valence-corrected chi connectivity index (χ2v) is 12.9. The smallest absolute Gasteiger partial charge is 0.407 e. The number of amides is 8. The van der Waals surface area contributed by atoms with E-state index in [1.807, 2.05) is 6.92 Å². The number of primary amides is 1. The number of nitrogens with one attached hydrogen (secondary N) is 5. The van der Waals surface area contributed by atoms with Crippen molar-refractivity contribution in [2.24, 2.45) is 11.7 Å². The number of carbonyl (C=O) groups excluding carboxylic acids is 7. The standard InChI is InChI=1S/C37H57N7O11/c1-4-52-21-22-54-24-23-53-20-18-40-37(51)55-25-27-11-13-28(14-12-27)41-34(48)29(9-8-17-39-36(38)50)42-35(49)33(26(2)3)43-30(45)10-6-5-7-19-44-31(46)15-16-32(44)47/h11-16,26,29,33H,4-10,17-25H2,1-3H3,(H,40,51)(H,41,48)(H,42,49)(H,43,45)(H3,38,39,50)/t29-,33-/m0/s1. The SMILES string of the molecule is CCOCCOCCOCCNC(=O)OCc1ccc(NC(=O)[C@H](CCCNC(N)=O)NC(=O)[C@@H](NC(=O)CCCCCN2C(=O)C=CC2=O)C(C)C)cc1. The van der Waals surface area contributed by atoms with E-state index in [0.29, 0.717) is 76.6 Å². The van der Waals surface area contributed by atoms with Gasteiger partial charge in [-0.15, -0.1) is 0 Å². The largest absolute Gasteiger partial charge is 0.445 e. The topological polar surface area (TPSA) is 246 Å². The molecule has 1 aliphatic rings. The number of unbranched alkanes of at least 4 members (excludes halogenated alkanes) is 2. The number of rotatable bonds is 28. The summed E-state index contributed by atoms with van der Waals surface area (Å²) in [5.41, 5.74) is 6.25. The van der Waals surface area contributed by atoms with E-state index in [1.165, 1.54) is 12.2 Å². The van der Waals surface area contributed by atoms with Gasteiger partial charge in [-0.1, -0.05) is 32.4 Å². The number of imide groups is 1. The highest BCUT2D eigenvalue weighted by molar-refractivity contribution is 6.12. The highest BCUT2D eigenvalue weighted by atomic mass is 16.6. The predicted octanol–water partition coefficient (Wildman–Crippen LogP) is 1.48. The van der Waals surface area contributed by atoms with E-state index >= 15 is 0 Å². The maximum atomic E-state index is 13.4. The van der Waals surface area contributed by atoms with E-state index in [-0.39, 0.29) is 62.7 Å². The second kappa shape index (κ2) is 26.7. The van der Waals surface area contributed by atoms with Gasteiger partial charge >= 0.3 is 12.1 Å². The molecule has 0 saturated heterocycles.